The van der Waals surface area contributed by atoms with Crippen LogP contribution in [0.5, 0.6) is 5.75 Å². The van der Waals surface area contributed by atoms with Crippen LogP contribution < -0.4 is 14.4 Å². The van der Waals surface area contributed by atoms with E-state index in [9.17, 15) is 18.0 Å². The molecule has 2 amide bonds. The second kappa shape index (κ2) is 13.1. The maximum atomic E-state index is 13.6. The van der Waals surface area contributed by atoms with E-state index in [1.165, 1.54) is 4.90 Å². The highest BCUT2D eigenvalue weighted by Crippen LogP contribution is 2.21. The summed E-state index contributed by atoms with van der Waals surface area (Å²) in [6.45, 7) is 6.01. The van der Waals surface area contributed by atoms with Crippen LogP contribution in [0, 0.1) is 6.92 Å². The highest BCUT2D eigenvalue weighted by Gasteiger charge is 2.31. The van der Waals surface area contributed by atoms with Crippen molar-refractivity contribution in [3.8, 4) is 5.75 Å². The Kier molecular flexibility index (Phi) is 10.6. The summed E-state index contributed by atoms with van der Waals surface area (Å²) in [5, 5.41) is 2.91. The zero-order valence-electron chi connectivity index (χ0n) is 21.3. The monoisotopic (exact) mass is 503 g/mol. The molecule has 0 spiro atoms. The molecule has 2 rings (SSSR count). The highest BCUT2D eigenvalue weighted by molar-refractivity contribution is 7.92. The zero-order chi connectivity index (χ0) is 26.0. The Balaban J connectivity index is 2.39. The Bertz CT molecular complexity index is 1090. The van der Waals surface area contributed by atoms with Gasteiger partial charge in [0.05, 0.1) is 19.1 Å². The molecule has 0 saturated carbocycles. The van der Waals surface area contributed by atoms with Crippen LogP contribution in [0.2, 0.25) is 0 Å². The number of hydrogen-bond donors (Lipinski definition) is 1. The molecule has 0 radical (unpaired) electrons. The lowest BCUT2D eigenvalue weighted by atomic mass is 10.1. The highest BCUT2D eigenvalue weighted by atomic mass is 32.2. The van der Waals surface area contributed by atoms with E-state index < -0.39 is 28.5 Å². The molecular weight excluding hydrogens is 466 g/mol. The Morgan fingerprint density at radius 2 is 1.77 bits per heavy atom. The normalized spacial score (nSPS) is 12.0. The Labute approximate surface area is 209 Å². The summed E-state index contributed by atoms with van der Waals surface area (Å²) in [5.74, 6) is -0.0202. The van der Waals surface area contributed by atoms with Crippen LogP contribution in [0.1, 0.15) is 44.2 Å². The SMILES string of the molecule is CCCCNC(=O)C(CC)N(Cc1ccc(OC)cc1)C(=O)CN(c1cccc(C)c1)S(C)(=O)=O. The quantitative estimate of drug-likeness (QED) is 0.422. The van der Waals surface area contributed by atoms with Gasteiger partial charge in [-0.3, -0.25) is 13.9 Å². The zero-order valence-corrected chi connectivity index (χ0v) is 22.1. The van der Waals surface area contributed by atoms with Gasteiger partial charge in [-0.2, -0.15) is 0 Å². The van der Waals surface area contributed by atoms with E-state index in [1.807, 2.05) is 39.0 Å². The van der Waals surface area contributed by atoms with E-state index in [0.29, 0.717) is 24.4 Å². The standard InChI is InChI=1S/C26H37N3O5S/c1-6-8-16-27-26(31)24(7-2)28(18-21-12-14-23(34-4)15-13-21)25(30)19-29(35(5,32)33)22-11-9-10-20(3)17-22/h9-15,17,24H,6-8,16,18-19H2,1-5H3,(H,27,31). The number of ether oxygens (including phenoxy) is 1. The van der Waals surface area contributed by atoms with Gasteiger partial charge in [0.15, 0.2) is 0 Å². The molecule has 192 valence electrons. The third-order valence-electron chi connectivity index (χ3n) is 5.70. The topological polar surface area (TPSA) is 96.0 Å². The number of nitrogens with one attached hydrogen (secondary N) is 1. The number of rotatable bonds is 13. The van der Waals surface area contributed by atoms with E-state index >= 15 is 0 Å². The van der Waals surface area contributed by atoms with Crippen LogP contribution in [-0.2, 0) is 26.2 Å². The predicted molar refractivity (Wildman–Crippen MR) is 139 cm³/mol. The van der Waals surface area contributed by atoms with E-state index in [1.54, 1.807) is 37.4 Å². The van der Waals surface area contributed by atoms with Gasteiger partial charge in [-0.1, -0.05) is 44.5 Å². The number of anilines is 1. The molecule has 1 unspecified atom stereocenters. The average Bonchev–Trinajstić information content (AvgIpc) is 2.82. The van der Waals surface area contributed by atoms with Crippen LogP contribution in [0.15, 0.2) is 48.5 Å². The first-order chi connectivity index (χ1) is 16.6. The molecule has 2 aromatic carbocycles. The van der Waals surface area contributed by atoms with Crippen molar-refractivity contribution in [1.29, 1.82) is 0 Å². The minimum Gasteiger partial charge on any atom is -0.497 e. The third kappa shape index (κ3) is 8.28. The Morgan fingerprint density at radius 3 is 2.31 bits per heavy atom. The lowest BCUT2D eigenvalue weighted by molar-refractivity contribution is -0.140. The molecule has 0 fully saturated rings. The number of amides is 2. The van der Waals surface area contributed by atoms with Crippen molar-refractivity contribution >= 4 is 27.5 Å². The molecule has 0 aliphatic rings. The molecule has 1 atom stereocenters. The fraction of sp³-hybridized carbons (Fsp3) is 0.462. The number of methoxy groups -OCH3 is 1. The predicted octanol–water partition coefficient (Wildman–Crippen LogP) is 3.49. The van der Waals surface area contributed by atoms with Gasteiger partial charge in [-0.05, 0) is 55.2 Å². The van der Waals surface area contributed by atoms with Gasteiger partial charge in [-0.15, -0.1) is 0 Å². The third-order valence-corrected chi connectivity index (χ3v) is 6.84. The van der Waals surface area contributed by atoms with Gasteiger partial charge < -0.3 is 15.0 Å². The number of hydrogen-bond acceptors (Lipinski definition) is 5. The molecule has 2 aromatic rings. The number of nitrogens with zero attached hydrogens (tertiary/aromatic N) is 2. The van der Waals surface area contributed by atoms with Gasteiger partial charge in [0.1, 0.15) is 18.3 Å². The fourth-order valence-electron chi connectivity index (χ4n) is 3.75. The molecule has 1 N–H and O–H groups in total. The summed E-state index contributed by atoms with van der Waals surface area (Å²) < 4.78 is 31.6. The Hall–Kier alpha value is -3.07. The van der Waals surface area contributed by atoms with Crippen molar-refractivity contribution in [1.82, 2.24) is 10.2 Å². The second-order valence-corrected chi connectivity index (χ2v) is 10.5. The number of sulfonamides is 1. The second-order valence-electron chi connectivity index (χ2n) is 8.55. The summed E-state index contributed by atoms with van der Waals surface area (Å²) in [7, 11) is -2.17. The van der Waals surface area contributed by atoms with Crippen molar-refractivity contribution in [3.05, 3.63) is 59.7 Å². The minimum atomic E-state index is -3.75. The van der Waals surface area contributed by atoms with E-state index in [-0.39, 0.29) is 12.5 Å². The summed E-state index contributed by atoms with van der Waals surface area (Å²) in [6.07, 6.45) is 3.24. The molecule has 8 nitrogen and oxygen atoms in total. The van der Waals surface area contributed by atoms with Crippen LogP contribution in [0.25, 0.3) is 0 Å². The van der Waals surface area contributed by atoms with Crippen LogP contribution in [-0.4, -0.2) is 57.6 Å². The molecule has 0 aromatic heterocycles. The first-order valence-electron chi connectivity index (χ1n) is 11.8. The molecule has 0 aliphatic heterocycles. The first kappa shape index (κ1) is 28.2. The van der Waals surface area contributed by atoms with Gasteiger partial charge in [0.2, 0.25) is 21.8 Å². The number of carbonyl (C=O) groups excluding carboxylic acids is 2. The molecule has 0 bridgehead atoms. The van der Waals surface area contributed by atoms with Crippen molar-refractivity contribution in [3.63, 3.8) is 0 Å². The Morgan fingerprint density at radius 1 is 1.09 bits per heavy atom. The van der Waals surface area contributed by atoms with Gasteiger partial charge in [0, 0.05) is 13.1 Å². The van der Waals surface area contributed by atoms with E-state index in [2.05, 4.69) is 5.32 Å². The molecule has 35 heavy (non-hydrogen) atoms. The largest absolute Gasteiger partial charge is 0.497 e. The first-order valence-corrected chi connectivity index (χ1v) is 13.7. The number of carbonyl (C=O) groups is 2. The van der Waals surface area contributed by atoms with Crippen LogP contribution in [0.4, 0.5) is 5.69 Å². The summed E-state index contributed by atoms with van der Waals surface area (Å²) in [6, 6.07) is 13.5. The van der Waals surface area contributed by atoms with Crippen molar-refractivity contribution in [2.45, 2.75) is 52.6 Å². The van der Waals surface area contributed by atoms with E-state index in [4.69, 9.17) is 4.74 Å². The van der Waals surface area contributed by atoms with Crippen LogP contribution in [0.3, 0.4) is 0 Å². The molecular formula is C26H37N3O5S. The minimum absolute atomic E-state index is 0.161. The smallest absolute Gasteiger partial charge is 0.244 e. The maximum absolute atomic E-state index is 13.6. The van der Waals surface area contributed by atoms with Crippen molar-refractivity contribution < 1.29 is 22.7 Å². The summed E-state index contributed by atoms with van der Waals surface area (Å²) in [5.41, 5.74) is 2.09. The summed E-state index contributed by atoms with van der Waals surface area (Å²) >= 11 is 0. The van der Waals surface area contributed by atoms with Gasteiger partial charge in [-0.25, -0.2) is 8.42 Å². The number of benzene rings is 2. The van der Waals surface area contributed by atoms with Crippen LogP contribution >= 0.6 is 0 Å². The molecule has 9 heteroatoms. The number of aryl methyl sites for hydroxylation is 1. The van der Waals surface area contributed by atoms with Gasteiger partial charge in [0.25, 0.3) is 0 Å². The fourth-order valence-corrected chi connectivity index (χ4v) is 4.59. The van der Waals surface area contributed by atoms with Crippen molar-refractivity contribution in [2.24, 2.45) is 0 Å². The van der Waals surface area contributed by atoms with Crippen molar-refractivity contribution in [2.75, 3.05) is 30.8 Å². The van der Waals surface area contributed by atoms with Gasteiger partial charge >= 0.3 is 0 Å². The number of unbranched alkanes of at least 4 members (excludes halogenated alkanes) is 1. The molecule has 0 aliphatic carbocycles. The molecule has 0 heterocycles. The molecule has 0 saturated heterocycles. The summed E-state index contributed by atoms with van der Waals surface area (Å²) in [4.78, 5) is 28.1. The lowest BCUT2D eigenvalue weighted by Crippen LogP contribution is -2.52. The van der Waals surface area contributed by atoms with E-state index in [0.717, 1.165) is 34.5 Å². The lowest BCUT2D eigenvalue weighted by Gasteiger charge is -2.33. The average molecular weight is 504 g/mol. The maximum Gasteiger partial charge on any atom is 0.244 e.